The van der Waals surface area contributed by atoms with Crippen LogP contribution in [-0.4, -0.2) is 36.5 Å². The highest BCUT2D eigenvalue weighted by Crippen LogP contribution is 2.06. The number of rotatable bonds is 9. The third-order valence-corrected chi connectivity index (χ3v) is 4.05. The first-order valence-corrected chi connectivity index (χ1v) is 9.45. The second-order valence-corrected chi connectivity index (χ2v) is 6.87. The molecule has 0 fully saturated rings. The van der Waals surface area contributed by atoms with E-state index in [2.05, 4.69) is 10.6 Å². The van der Waals surface area contributed by atoms with Gasteiger partial charge in [0.05, 0.1) is 19.2 Å². The minimum atomic E-state index is -0.915. The average Bonchev–Trinajstić information content (AvgIpc) is 3.23. The standard InChI is InChI=1S/C21H25N3O6/c1-14(2)19(23-17(25)11-15-7-4-3-5-8-15)20(27)30-13-18(26)24-21(28)22-12-16-9-6-10-29-16/h3-10,14,19H,11-13H2,1-2H3,(H,23,25)(H2,22,24,26,28)/t19-/m0/s1. The van der Waals surface area contributed by atoms with Crippen molar-refractivity contribution in [3.63, 3.8) is 0 Å². The largest absolute Gasteiger partial charge is 0.467 e. The Morgan fingerprint density at radius 1 is 1.00 bits per heavy atom. The van der Waals surface area contributed by atoms with E-state index in [1.165, 1.54) is 6.26 Å². The lowest BCUT2D eigenvalue weighted by Crippen LogP contribution is -2.47. The van der Waals surface area contributed by atoms with E-state index < -0.39 is 30.6 Å². The molecule has 1 atom stereocenters. The van der Waals surface area contributed by atoms with Crippen molar-refractivity contribution in [3.05, 3.63) is 60.1 Å². The van der Waals surface area contributed by atoms with Crippen LogP contribution in [0.5, 0.6) is 0 Å². The van der Waals surface area contributed by atoms with Crippen LogP contribution in [0, 0.1) is 5.92 Å². The minimum absolute atomic E-state index is 0.106. The number of ether oxygens (including phenoxy) is 1. The molecule has 0 unspecified atom stereocenters. The van der Waals surface area contributed by atoms with E-state index in [9.17, 15) is 19.2 Å². The minimum Gasteiger partial charge on any atom is -0.467 e. The number of imide groups is 1. The molecule has 1 heterocycles. The number of esters is 1. The Hall–Kier alpha value is -3.62. The lowest BCUT2D eigenvalue weighted by molar-refractivity contribution is -0.152. The molecule has 0 aliphatic heterocycles. The smallest absolute Gasteiger partial charge is 0.329 e. The van der Waals surface area contributed by atoms with Gasteiger partial charge in [0.1, 0.15) is 11.8 Å². The quantitative estimate of drug-likeness (QED) is 0.533. The molecule has 0 aliphatic carbocycles. The Bertz CT molecular complexity index is 849. The van der Waals surface area contributed by atoms with E-state index in [0.717, 1.165) is 5.56 Å². The summed E-state index contributed by atoms with van der Waals surface area (Å²) < 4.78 is 10.0. The fourth-order valence-corrected chi connectivity index (χ4v) is 2.52. The first-order valence-electron chi connectivity index (χ1n) is 9.45. The number of hydrogen-bond donors (Lipinski definition) is 3. The molecule has 2 aromatic rings. The van der Waals surface area contributed by atoms with E-state index in [0.29, 0.717) is 5.76 Å². The fraction of sp³-hybridized carbons (Fsp3) is 0.333. The number of urea groups is 1. The van der Waals surface area contributed by atoms with E-state index >= 15 is 0 Å². The Morgan fingerprint density at radius 2 is 1.73 bits per heavy atom. The van der Waals surface area contributed by atoms with Gasteiger partial charge < -0.3 is 19.8 Å². The maximum absolute atomic E-state index is 12.3. The second kappa shape index (κ2) is 11.4. The van der Waals surface area contributed by atoms with Crippen molar-refractivity contribution in [1.29, 1.82) is 0 Å². The van der Waals surface area contributed by atoms with Gasteiger partial charge in [-0.2, -0.15) is 0 Å². The van der Waals surface area contributed by atoms with Gasteiger partial charge in [0, 0.05) is 0 Å². The summed E-state index contributed by atoms with van der Waals surface area (Å²) in [6.45, 7) is 2.95. The van der Waals surface area contributed by atoms with Crippen molar-refractivity contribution in [2.45, 2.75) is 32.9 Å². The molecule has 0 bridgehead atoms. The molecule has 3 N–H and O–H groups in total. The molecule has 9 nitrogen and oxygen atoms in total. The van der Waals surface area contributed by atoms with Crippen LogP contribution in [0.1, 0.15) is 25.2 Å². The number of benzene rings is 1. The number of carbonyl (C=O) groups is 4. The highest BCUT2D eigenvalue weighted by atomic mass is 16.5. The van der Waals surface area contributed by atoms with Gasteiger partial charge in [-0.3, -0.25) is 14.9 Å². The Balaban J connectivity index is 1.76. The zero-order valence-electron chi connectivity index (χ0n) is 16.8. The molecule has 30 heavy (non-hydrogen) atoms. The zero-order valence-corrected chi connectivity index (χ0v) is 16.8. The number of amides is 4. The fourth-order valence-electron chi connectivity index (χ4n) is 2.52. The summed E-state index contributed by atoms with van der Waals surface area (Å²) in [4.78, 5) is 48.0. The van der Waals surface area contributed by atoms with Gasteiger partial charge in [-0.25, -0.2) is 9.59 Å². The van der Waals surface area contributed by atoms with Crippen LogP contribution in [0.4, 0.5) is 4.79 Å². The van der Waals surface area contributed by atoms with Gasteiger partial charge >= 0.3 is 12.0 Å². The Labute approximate surface area is 174 Å². The highest BCUT2D eigenvalue weighted by molar-refractivity contribution is 5.96. The summed E-state index contributed by atoms with van der Waals surface area (Å²) in [6, 6.07) is 10.8. The molecule has 0 radical (unpaired) electrons. The van der Waals surface area contributed by atoms with Crippen molar-refractivity contribution in [3.8, 4) is 0 Å². The summed E-state index contributed by atoms with van der Waals surface area (Å²) in [5.41, 5.74) is 0.811. The molecule has 9 heteroatoms. The summed E-state index contributed by atoms with van der Waals surface area (Å²) in [6.07, 6.45) is 1.58. The molecule has 0 saturated heterocycles. The maximum atomic E-state index is 12.3. The predicted octanol–water partition coefficient (Wildman–Crippen LogP) is 1.53. The van der Waals surface area contributed by atoms with E-state index in [1.54, 1.807) is 26.0 Å². The number of carbonyl (C=O) groups excluding carboxylic acids is 4. The number of hydrogen-bond acceptors (Lipinski definition) is 6. The van der Waals surface area contributed by atoms with E-state index in [4.69, 9.17) is 9.15 Å². The summed E-state index contributed by atoms with van der Waals surface area (Å²) >= 11 is 0. The van der Waals surface area contributed by atoms with E-state index in [1.807, 2.05) is 35.6 Å². The summed E-state index contributed by atoms with van der Waals surface area (Å²) in [7, 11) is 0. The van der Waals surface area contributed by atoms with Crippen molar-refractivity contribution in [1.82, 2.24) is 16.0 Å². The van der Waals surface area contributed by atoms with Gasteiger partial charge in [0.15, 0.2) is 6.61 Å². The molecule has 2 rings (SSSR count). The second-order valence-electron chi connectivity index (χ2n) is 6.87. The van der Waals surface area contributed by atoms with Gasteiger partial charge in [0.2, 0.25) is 5.91 Å². The Kier molecular flexibility index (Phi) is 8.61. The van der Waals surface area contributed by atoms with Crippen LogP contribution < -0.4 is 16.0 Å². The molecular formula is C21H25N3O6. The third kappa shape index (κ3) is 7.78. The molecule has 1 aromatic carbocycles. The first-order chi connectivity index (χ1) is 14.3. The van der Waals surface area contributed by atoms with Gasteiger partial charge in [-0.15, -0.1) is 0 Å². The van der Waals surface area contributed by atoms with Crippen molar-refractivity contribution in [2.24, 2.45) is 5.92 Å². The van der Waals surface area contributed by atoms with E-state index in [-0.39, 0.29) is 24.8 Å². The van der Waals surface area contributed by atoms with Crippen LogP contribution in [0.25, 0.3) is 0 Å². The lowest BCUT2D eigenvalue weighted by Gasteiger charge is -2.20. The molecule has 160 valence electrons. The number of furan rings is 1. The van der Waals surface area contributed by atoms with Crippen LogP contribution in [-0.2, 0) is 32.1 Å². The maximum Gasteiger partial charge on any atom is 0.329 e. The topological polar surface area (TPSA) is 127 Å². The molecule has 1 aromatic heterocycles. The van der Waals surface area contributed by atoms with Crippen molar-refractivity contribution >= 4 is 23.8 Å². The first kappa shape index (κ1) is 22.7. The van der Waals surface area contributed by atoms with Crippen LogP contribution in [0.3, 0.4) is 0 Å². The predicted molar refractivity (Wildman–Crippen MR) is 107 cm³/mol. The normalized spacial score (nSPS) is 11.4. The van der Waals surface area contributed by atoms with Gasteiger partial charge in [-0.05, 0) is 23.6 Å². The monoisotopic (exact) mass is 415 g/mol. The lowest BCUT2D eigenvalue weighted by atomic mass is 10.0. The van der Waals surface area contributed by atoms with Crippen molar-refractivity contribution < 1.29 is 28.3 Å². The molecular weight excluding hydrogens is 390 g/mol. The van der Waals surface area contributed by atoms with Crippen LogP contribution in [0.2, 0.25) is 0 Å². The zero-order chi connectivity index (χ0) is 21.9. The van der Waals surface area contributed by atoms with Crippen molar-refractivity contribution in [2.75, 3.05) is 6.61 Å². The highest BCUT2D eigenvalue weighted by Gasteiger charge is 2.26. The molecule has 0 spiro atoms. The van der Waals surface area contributed by atoms with Crippen LogP contribution in [0.15, 0.2) is 53.1 Å². The summed E-state index contributed by atoms with van der Waals surface area (Å²) in [5.74, 6) is -1.61. The molecule has 4 amide bonds. The Morgan fingerprint density at radius 3 is 2.37 bits per heavy atom. The van der Waals surface area contributed by atoms with Gasteiger partial charge in [0.25, 0.3) is 5.91 Å². The van der Waals surface area contributed by atoms with Crippen LogP contribution >= 0.6 is 0 Å². The molecule has 0 saturated carbocycles. The van der Waals surface area contributed by atoms with Gasteiger partial charge in [-0.1, -0.05) is 44.2 Å². The average molecular weight is 415 g/mol. The SMILES string of the molecule is CC(C)[C@H](NC(=O)Cc1ccccc1)C(=O)OCC(=O)NC(=O)NCc1ccco1. The number of nitrogens with one attached hydrogen (secondary N) is 3. The third-order valence-electron chi connectivity index (χ3n) is 4.05. The summed E-state index contributed by atoms with van der Waals surface area (Å²) in [5, 5.41) is 7.11. The molecule has 0 aliphatic rings.